The zero-order chi connectivity index (χ0) is 10.7. The second kappa shape index (κ2) is 3.47. The molecule has 0 aliphatic heterocycles. The Hall–Kier alpha value is -2.52. The van der Waals surface area contributed by atoms with E-state index in [1.807, 2.05) is 0 Å². The van der Waals surface area contributed by atoms with Gasteiger partial charge in [-0.05, 0) is 4.90 Å². The highest BCUT2D eigenvalue weighted by atomic mass is 16.8. The Kier molecular flexibility index (Phi) is 2.37. The fraction of sp³-hybridized carbons (Fsp3) is 0. The van der Waals surface area contributed by atoms with Gasteiger partial charge in [0.25, 0.3) is 11.4 Å². The summed E-state index contributed by atoms with van der Waals surface area (Å²) in [5.41, 5.74) is 9.49. The van der Waals surface area contributed by atoms with Crippen LogP contribution in [0.5, 0.6) is 0 Å². The molecule has 0 saturated heterocycles. The SMILES string of the molecule is N/C(=N\O)c1no[n+]([O-])c1/C(N)=N/O. The van der Waals surface area contributed by atoms with Crippen LogP contribution < -0.4 is 16.4 Å². The van der Waals surface area contributed by atoms with Gasteiger partial charge >= 0.3 is 0 Å². The van der Waals surface area contributed by atoms with E-state index in [-0.39, 0.29) is 10.6 Å². The number of amidine groups is 2. The molecular weight excluding hydrogens is 196 g/mol. The molecule has 0 atom stereocenters. The van der Waals surface area contributed by atoms with Gasteiger partial charge in [-0.1, -0.05) is 10.3 Å². The van der Waals surface area contributed by atoms with Crippen LogP contribution in [0.25, 0.3) is 0 Å². The van der Waals surface area contributed by atoms with E-state index in [4.69, 9.17) is 21.9 Å². The normalized spacial score (nSPS) is 13.1. The first-order valence-electron chi connectivity index (χ1n) is 3.17. The molecule has 1 heterocycles. The molecule has 0 saturated carbocycles. The summed E-state index contributed by atoms with van der Waals surface area (Å²) in [6.45, 7) is 0. The van der Waals surface area contributed by atoms with Gasteiger partial charge in [0.15, 0.2) is 0 Å². The van der Waals surface area contributed by atoms with Crippen LogP contribution in [0.4, 0.5) is 0 Å². The summed E-state index contributed by atoms with van der Waals surface area (Å²) < 4.78 is 4.11. The molecule has 0 fully saturated rings. The molecule has 14 heavy (non-hydrogen) atoms. The fourth-order valence-corrected chi connectivity index (χ4v) is 0.726. The van der Waals surface area contributed by atoms with Crippen molar-refractivity contribution in [2.45, 2.75) is 0 Å². The monoisotopic (exact) mass is 202 g/mol. The second-order valence-electron chi connectivity index (χ2n) is 2.10. The van der Waals surface area contributed by atoms with Crippen molar-refractivity contribution in [3.63, 3.8) is 0 Å². The van der Waals surface area contributed by atoms with E-state index in [1.165, 1.54) is 0 Å². The number of hydrogen-bond acceptors (Lipinski definition) is 7. The molecule has 0 spiro atoms. The van der Waals surface area contributed by atoms with Crippen molar-refractivity contribution in [3.8, 4) is 0 Å². The zero-order valence-electron chi connectivity index (χ0n) is 6.65. The van der Waals surface area contributed by atoms with Gasteiger partial charge in [0.1, 0.15) is 0 Å². The van der Waals surface area contributed by atoms with Crippen LogP contribution in [-0.4, -0.2) is 27.2 Å². The van der Waals surface area contributed by atoms with Gasteiger partial charge in [0.05, 0.1) is 5.16 Å². The molecule has 1 aromatic rings. The summed E-state index contributed by atoms with van der Waals surface area (Å²) in [5.74, 6) is -1.06. The van der Waals surface area contributed by atoms with Gasteiger partial charge in [-0.3, -0.25) is 4.63 Å². The lowest BCUT2D eigenvalue weighted by Crippen LogP contribution is -2.37. The Morgan fingerprint density at radius 3 is 2.43 bits per heavy atom. The molecule has 0 unspecified atom stereocenters. The predicted octanol–water partition coefficient (Wildman–Crippen LogP) is -2.50. The zero-order valence-corrected chi connectivity index (χ0v) is 6.65. The lowest BCUT2D eigenvalue weighted by molar-refractivity contribution is -0.803. The number of aromatic nitrogens is 2. The largest absolute Gasteiger partial charge is 0.409 e. The lowest BCUT2D eigenvalue weighted by atomic mass is 10.3. The van der Waals surface area contributed by atoms with Crippen LogP contribution >= 0.6 is 0 Å². The third-order valence-corrected chi connectivity index (χ3v) is 1.31. The van der Waals surface area contributed by atoms with Crippen LogP contribution in [0.3, 0.4) is 0 Å². The topological polar surface area (TPSA) is 170 Å². The van der Waals surface area contributed by atoms with Gasteiger partial charge in [0, 0.05) is 0 Å². The molecule has 0 radical (unpaired) electrons. The molecule has 0 amide bonds. The van der Waals surface area contributed by atoms with Gasteiger partial charge < -0.3 is 27.1 Å². The van der Waals surface area contributed by atoms with Crippen LogP contribution in [-0.2, 0) is 0 Å². The van der Waals surface area contributed by atoms with E-state index in [2.05, 4.69) is 20.1 Å². The molecule has 76 valence electrons. The Morgan fingerprint density at radius 1 is 1.36 bits per heavy atom. The molecule has 0 aromatic carbocycles. The number of nitrogens with zero attached hydrogens (tertiary/aromatic N) is 4. The summed E-state index contributed by atoms with van der Waals surface area (Å²) >= 11 is 0. The number of rotatable bonds is 2. The minimum absolute atomic E-state index is 0.136. The van der Waals surface area contributed by atoms with E-state index in [0.29, 0.717) is 0 Å². The van der Waals surface area contributed by atoms with Crippen LogP contribution in [0.15, 0.2) is 14.9 Å². The summed E-state index contributed by atoms with van der Waals surface area (Å²) in [6, 6.07) is 0. The smallest absolute Gasteiger partial charge is 0.297 e. The average molecular weight is 202 g/mol. The Morgan fingerprint density at radius 2 is 1.93 bits per heavy atom. The molecule has 10 nitrogen and oxygen atoms in total. The van der Waals surface area contributed by atoms with E-state index < -0.39 is 17.4 Å². The number of oxime groups is 2. The highest BCUT2D eigenvalue weighted by Gasteiger charge is 2.26. The Balaban J connectivity index is 3.33. The van der Waals surface area contributed by atoms with Crippen LogP contribution in [0, 0.1) is 5.21 Å². The van der Waals surface area contributed by atoms with Crippen molar-refractivity contribution < 1.29 is 19.9 Å². The minimum Gasteiger partial charge on any atom is -0.409 e. The summed E-state index contributed by atoms with van der Waals surface area (Å²) in [5, 5.41) is 35.8. The van der Waals surface area contributed by atoms with E-state index in [9.17, 15) is 5.21 Å². The highest BCUT2D eigenvalue weighted by Crippen LogP contribution is 1.99. The van der Waals surface area contributed by atoms with Gasteiger partial charge in [-0.2, -0.15) is 0 Å². The van der Waals surface area contributed by atoms with Crippen molar-refractivity contribution in [3.05, 3.63) is 16.6 Å². The molecular formula is C4H6N6O4. The fourth-order valence-electron chi connectivity index (χ4n) is 0.726. The second-order valence-corrected chi connectivity index (χ2v) is 2.10. The van der Waals surface area contributed by atoms with Gasteiger partial charge in [-0.15, -0.1) is 0 Å². The van der Waals surface area contributed by atoms with Gasteiger partial charge in [0.2, 0.25) is 11.7 Å². The first-order valence-corrected chi connectivity index (χ1v) is 3.17. The molecule has 0 bridgehead atoms. The van der Waals surface area contributed by atoms with Gasteiger partial charge in [-0.25, -0.2) is 0 Å². The van der Waals surface area contributed by atoms with Crippen LogP contribution in [0.2, 0.25) is 0 Å². The Labute approximate surface area is 76.2 Å². The molecule has 6 N–H and O–H groups in total. The summed E-state index contributed by atoms with van der Waals surface area (Å²) in [7, 11) is 0. The highest BCUT2D eigenvalue weighted by molar-refractivity contribution is 6.06. The maximum atomic E-state index is 10.9. The third-order valence-electron chi connectivity index (χ3n) is 1.31. The molecule has 1 aromatic heterocycles. The van der Waals surface area contributed by atoms with E-state index in [0.717, 1.165) is 0 Å². The maximum Gasteiger partial charge on any atom is 0.297 e. The van der Waals surface area contributed by atoms with Crippen molar-refractivity contribution in [2.24, 2.45) is 21.8 Å². The van der Waals surface area contributed by atoms with Crippen molar-refractivity contribution in [2.75, 3.05) is 0 Å². The van der Waals surface area contributed by atoms with Crippen molar-refractivity contribution >= 4 is 11.7 Å². The number of hydrogen-bond donors (Lipinski definition) is 4. The predicted molar refractivity (Wildman–Crippen MR) is 40.5 cm³/mol. The minimum atomic E-state index is -0.567. The molecule has 10 heteroatoms. The number of nitrogens with two attached hydrogens (primary N) is 2. The third kappa shape index (κ3) is 1.35. The quantitative estimate of drug-likeness (QED) is 0.135. The van der Waals surface area contributed by atoms with E-state index >= 15 is 0 Å². The standard InChI is InChI=1S/C4H6N6O4/c5-3(7-11)1-2(4(6)8-12)10(13)14-9-1/h11-12H,(H2,5,7)(H2,6,8). The van der Waals surface area contributed by atoms with Crippen molar-refractivity contribution in [1.29, 1.82) is 0 Å². The summed E-state index contributed by atoms with van der Waals surface area (Å²) in [4.78, 5) is -0.136. The molecule has 1 rings (SSSR count). The molecule has 0 aliphatic rings. The summed E-state index contributed by atoms with van der Waals surface area (Å²) in [6.07, 6.45) is 0. The van der Waals surface area contributed by atoms with E-state index in [1.54, 1.807) is 0 Å². The average Bonchev–Trinajstić information content (AvgIpc) is 2.58. The first-order chi connectivity index (χ1) is 6.61. The lowest BCUT2D eigenvalue weighted by Gasteiger charge is -1.93. The first kappa shape index (κ1) is 9.57. The molecule has 0 aliphatic carbocycles. The van der Waals surface area contributed by atoms with Crippen LogP contribution in [0.1, 0.15) is 11.4 Å². The Bertz CT molecular complexity index is 395. The van der Waals surface area contributed by atoms with Crippen molar-refractivity contribution in [1.82, 2.24) is 5.16 Å². The maximum absolute atomic E-state index is 10.9.